The molecular weight excluding hydrogens is 244 g/mol. The van der Waals surface area contributed by atoms with Crippen molar-refractivity contribution in [3.63, 3.8) is 0 Å². The van der Waals surface area contributed by atoms with E-state index in [0.29, 0.717) is 11.8 Å². The summed E-state index contributed by atoms with van der Waals surface area (Å²) in [4.78, 5) is 13.8. The Kier molecular flexibility index (Phi) is 4.76. The first-order chi connectivity index (χ1) is 9.22. The molecule has 1 amide bonds. The number of carbonyl (C=O) groups excluding carboxylic acids is 1. The molecule has 1 unspecified atom stereocenters. The van der Waals surface area contributed by atoms with E-state index >= 15 is 0 Å². The van der Waals surface area contributed by atoms with Crippen molar-refractivity contribution in [2.24, 2.45) is 0 Å². The van der Waals surface area contributed by atoms with Gasteiger partial charge >= 0.3 is 0 Å². The molecule has 19 heavy (non-hydrogen) atoms. The van der Waals surface area contributed by atoms with Crippen molar-refractivity contribution >= 4 is 5.91 Å². The van der Waals surface area contributed by atoms with E-state index in [9.17, 15) is 4.79 Å². The van der Waals surface area contributed by atoms with Crippen LogP contribution in [-0.2, 0) is 11.4 Å². The Morgan fingerprint density at radius 1 is 1.47 bits per heavy atom. The molecule has 1 aliphatic heterocycles. The van der Waals surface area contributed by atoms with Gasteiger partial charge in [-0.05, 0) is 31.2 Å². The fraction of sp³-hybridized carbons (Fsp3) is 0.500. The molecule has 5 heteroatoms. The molecule has 0 spiro atoms. The lowest BCUT2D eigenvalue weighted by atomic mass is 10.2. The van der Waals surface area contributed by atoms with Crippen LogP contribution in [0.1, 0.15) is 12.0 Å². The number of carbonyl (C=O) groups is 1. The monoisotopic (exact) mass is 264 g/mol. The second-order valence-corrected chi connectivity index (χ2v) is 4.70. The quantitative estimate of drug-likeness (QED) is 0.807. The van der Waals surface area contributed by atoms with Crippen LogP contribution in [-0.4, -0.2) is 48.7 Å². The zero-order chi connectivity index (χ0) is 13.7. The number of aliphatic hydroxyl groups excluding tert-OH is 1. The van der Waals surface area contributed by atoms with Gasteiger partial charge in [0, 0.05) is 19.1 Å². The van der Waals surface area contributed by atoms with Crippen LogP contribution >= 0.6 is 0 Å². The van der Waals surface area contributed by atoms with E-state index in [1.165, 1.54) is 0 Å². The van der Waals surface area contributed by atoms with Crippen LogP contribution in [0, 0.1) is 0 Å². The van der Waals surface area contributed by atoms with Gasteiger partial charge < -0.3 is 20.1 Å². The zero-order valence-corrected chi connectivity index (χ0v) is 11.1. The van der Waals surface area contributed by atoms with Crippen molar-refractivity contribution in [3.8, 4) is 5.75 Å². The van der Waals surface area contributed by atoms with Crippen molar-refractivity contribution in [2.45, 2.75) is 19.1 Å². The normalized spacial score (nSPS) is 18.6. The van der Waals surface area contributed by atoms with Crippen LogP contribution in [0.15, 0.2) is 24.3 Å². The molecule has 1 saturated heterocycles. The Labute approximate surface area is 113 Å². The molecule has 5 nitrogen and oxygen atoms in total. The predicted molar refractivity (Wildman–Crippen MR) is 71.9 cm³/mol. The first-order valence-corrected chi connectivity index (χ1v) is 6.50. The minimum Gasteiger partial charge on any atom is -0.484 e. The van der Waals surface area contributed by atoms with E-state index in [-0.39, 0.29) is 19.1 Å². The SMILES string of the molecule is CNC1CCN(C(=O)COc2ccc(CO)cc2)C1. The van der Waals surface area contributed by atoms with Gasteiger partial charge in [-0.1, -0.05) is 12.1 Å². The molecule has 0 aromatic heterocycles. The van der Waals surface area contributed by atoms with Crippen molar-refractivity contribution in [1.82, 2.24) is 10.2 Å². The summed E-state index contributed by atoms with van der Waals surface area (Å²) in [6, 6.07) is 7.49. The highest BCUT2D eigenvalue weighted by Crippen LogP contribution is 2.13. The minimum absolute atomic E-state index is 0.0123. The molecule has 0 radical (unpaired) electrons. The molecule has 1 aliphatic rings. The molecule has 0 saturated carbocycles. The topological polar surface area (TPSA) is 61.8 Å². The summed E-state index contributed by atoms with van der Waals surface area (Å²) in [6.45, 7) is 1.62. The highest BCUT2D eigenvalue weighted by atomic mass is 16.5. The van der Waals surface area contributed by atoms with E-state index in [2.05, 4.69) is 5.32 Å². The third-order valence-electron chi connectivity index (χ3n) is 3.42. The Hall–Kier alpha value is -1.59. The molecule has 104 valence electrons. The summed E-state index contributed by atoms with van der Waals surface area (Å²) >= 11 is 0. The lowest BCUT2D eigenvalue weighted by molar-refractivity contribution is -0.132. The van der Waals surface area contributed by atoms with Crippen LogP contribution in [0.4, 0.5) is 0 Å². The standard InChI is InChI=1S/C14H20N2O3/c1-15-12-6-7-16(8-12)14(18)10-19-13-4-2-11(9-17)3-5-13/h2-5,12,15,17H,6-10H2,1H3. The predicted octanol–water partition coefficient (Wildman–Crippen LogP) is 0.378. The third kappa shape index (κ3) is 3.68. The number of amides is 1. The van der Waals surface area contributed by atoms with Crippen LogP contribution < -0.4 is 10.1 Å². The first kappa shape index (κ1) is 13.8. The molecule has 1 aromatic rings. The number of aliphatic hydroxyl groups is 1. The third-order valence-corrected chi connectivity index (χ3v) is 3.42. The molecule has 0 aliphatic carbocycles. The lowest BCUT2D eigenvalue weighted by Crippen LogP contribution is -2.36. The maximum absolute atomic E-state index is 11.9. The summed E-state index contributed by atoms with van der Waals surface area (Å²) < 4.78 is 5.46. The Balaban J connectivity index is 1.80. The van der Waals surface area contributed by atoms with Gasteiger partial charge in [-0.3, -0.25) is 4.79 Å². The summed E-state index contributed by atoms with van der Waals surface area (Å²) in [7, 11) is 1.91. The second kappa shape index (κ2) is 6.54. The van der Waals surface area contributed by atoms with Crippen LogP contribution in [0.5, 0.6) is 5.75 Å². The molecule has 0 bridgehead atoms. The number of nitrogens with zero attached hydrogens (tertiary/aromatic N) is 1. The number of benzene rings is 1. The largest absolute Gasteiger partial charge is 0.484 e. The Morgan fingerprint density at radius 3 is 2.79 bits per heavy atom. The molecule has 1 atom stereocenters. The van der Waals surface area contributed by atoms with Crippen molar-refractivity contribution < 1.29 is 14.6 Å². The van der Waals surface area contributed by atoms with E-state index in [1.807, 2.05) is 11.9 Å². The van der Waals surface area contributed by atoms with E-state index < -0.39 is 0 Å². The fourth-order valence-corrected chi connectivity index (χ4v) is 2.15. The smallest absolute Gasteiger partial charge is 0.260 e. The average Bonchev–Trinajstić information content (AvgIpc) is 2.94. The number of ether oxygens (including phenoxy) is 1. The van der Waals surface area contributed by atoms with Crippen molar-refractivity contribution in [2.75, 3.05) is 26.7 Å². The fourth-order valence-electron chi connectivity index (χ4n) is 2.15. The van der Waals surface area contributed by atoms with Crippen LogP contribution in [0.25, 0.3) is 0 Å². The highest BCUT2D eigenvalue weighted by molar-refractivity contribution is 5.78. The zero-order valence-electron chi connectivity index (χ0n) is 11.1. The van der Waals surface area contributed by atoms with Gasteiger partial charge in [0.05, 0.1) is 6.61 Å². The number of nitrogens with one attached hydrogen (secondary N) is 1. The summed E-state index contributed by atoms with van der Waals surface area (Å²) in [5, 5.41) is 12.1. The number of likely N-dealkylation sites (N-methyl/N-ethyl adjacent to an activating group) is 1. The lowest BCUT2D eigenvalue weighted by Gasteiger charge is -2.16. The molecule has 1 aromatic carbocycles. The average molecular weight is 264 g/mol. The van der Waals surface area contributed by atoms with Crippen LogP contribution in [0.2, 0.25) is 0 Å². The number of hydrogen-bond donors (Lipinski definition) is 2. The number of likely N-dealkylation sites (tertiary alicyclic amines) is 1. The van der Waals surface area contributed by atoms with Crippen LogP contribution in [0.3, 0.4) is 0 Å². The maximum Gasteiger partial charge on any atom is 0.260 e. The van der Waals surface area contributed by atoms with Gasteiger partial charge in [0.2, 0.25) is 0 Å². The molecule has 1 heterocycles. The van der Waals surface area contributed by atoms with Gasteiger partial charge in [-0.15, -0.1) is 0 Å². The summed E-state index contributed by atoms with van der Waals surface area (Å²) in [5.74, 6) is 0.666. The van der Waals surface area contributed by atoms with Gasteiger partial charge in [-0.2, -0.15) is 0 Å². The molecule has 2 N–H and O–H groups in total. The van der Waals surface area contributed by atoms with Crippen molar-refractivity contribution in [3.05, 3.63) is 29.8 Å². The Bertz CT molecular complexity index is 419. The Morgan fingerprint density at radius 2 is 2.21 bits per heavy atom. The van der Waals surface area contributed by atoms with Gasteiger partial charge in [-0.25, -0.2) is 0 Å². The molecule has 2 rings (SSSR count). The minimum atomic E-state index is 0.0123. The van der Waals surface area contributed by atoms with E-state index in [4.69, 9.17) is 9.84 Å². The second-order valence-electron chi connectivity index (χ2n) is 4.70. The number of rotatable bonds is 5. The van der Waals surface area contributed by atoms with Gasteiger partial charge in [0.1, 0.15) is 5.75 Å². The summed E-state index contributed by atoms with van der Waals surface area (Å²) in [6.07, 6.45) is 0.993. The maximum atomic E-state index is 11.9. The number of hydrogen-bond acceptors (Lipinski definition) is 4. The van der Waals surface area contributed by atoms with Crippen molar-refractivity contribution in [1.29, 1.82) is 0 Å². The van der Waals surface area contributed by atoms with E-state index in [1.54, 1.807) is 24.3 Å². The summed E-state index contributed by atoms with van der Waals surface area (Å²) in [5.41, 5.74) is 0.829. The van der Waals surface area contributed by atoms with Gasteiger partial charge in [0.25, 0.3) is 5.91 Å². The molecule has 1 fully saturated rings. The highest BCUT2D eigenvalue weighted by Gasteiger charge is 2.24. The first-order valence-electron chi connectivity index (χ1n) is 6.50. The van der Waals surface area contributed by atoms with E-state index in [0.717, 1.165) is 25.1 Å². The van der Waals surface area contributed by atoms with Gasteiger partial charge in [0.15, 0.2) is 6.61 Å². The molecular formula is C14H20N2O3.